The Morgan fingerprint density at radius 3 is 2.88 bits per heavy atom. The third kappa shape index (κ3) is 2.47. The number of hydrogen-bond acceptors (Lipinski definition) is 4. The molecule has 2 rings (SSSR count). The lowest BCUT2D eigenvalue weighted by Gasteiger charge is -2.37. The molecule has 0 spiro atoms. The first-order chi connectivity index (χ1) is 7.47. The molecule has 16 heavy (non-hydrogen) atoms. The molecule has 0 radical (unpaired) electrons. The van der Waals surface area contributed by atoms with Gasteiger partial charge in [0.05, 0.1) is 18.8 Å². The largest absolute Gasteiger partial charge is 0.444 e. The third-order valence-electron chi connectivity index (χ3n) is 2.82. The quantitative estimate of drug-likeness (QED) is 0.659. The van der Waals surface area contributed by atoms with E-state index in [0.29, 0.717) is 13.2 Å². The van der Waals surface area contributed by atoms with Crippen LogP contribution >= 0.6 is 0 Å². The summed E-state index contributed by atoms with van der Waals surface area (Å²) in [6.07, 6.45) is -0.101. The van der Waals surface area contributed by atoms with Crippen molar-refractivity contribution in [2.75, 3.05) is 26.2 Å². The lowest BCUT2D eigenvalue weighted by molar-refractivity contribution is -0.0567. The molecule has 1 amide bonds. The summed E-state index contributed by atoms with van der Waals surface area (Å²) in [5.74, 6) is 0. The SMILES string of the molecule is CC(C)(C)OC(=O)N1CCOC2CNC[C@H]21. The van der Waals surface area contributed by atoms with Gasteiger partial charge in [0.1, 0.15) is 5.60 Å². The molecular formula is C11H20N2O3. The molecule has 92 valence electrons. The van der Waals surface area contributed by atoms with E-state index in [0.717, 1.165) is 13.1 Å². The van der Waals surface area contributed by atoms with Crippen molar-refractivity contribution in [1.29, 1.82) is 0 Å². The van der Waals surface area contributed by atoms with Crippen LogP contribution in [-0.4, -0.2) is 55.0 Å². The molecule has 0 aromatic rings. The summed E-state index contributed by atoms with van der Waals surface area (Å²) in [5, 5.41) is 3.24. The maximum atomic E-state index is 12.0. The van der Waals surface area contributed by atoms with Gasteiger partial charge >= 0.3 is 6.09 Å². The summed E-state index contributed by atoms with van der Waals surface area (Å²) >= 11 is 0. The third-order valence-corrected chi connectivity index (χ3v) is 2.82. The topological polar surface area (TPSA) is 50.8 Å². The van der Waals surface area contributed by atoms with Gasteiger partial charge in [0.25, 0.3) is 0 Å². The minimum Gasteiger partial charge on any atom is -0.444 e. The van der Waals surface area contributed by atoms with Crippen LogP contribution in [0.1, 0.15) is 20.8 Å². The number of fused-ring (bicyclic) bond motifs is 1. The van der Waals surface area contributed by atoms with Crippen molar-refractivity contribution in [3.05, 3.63) is 0 Å². The average Bonchev–Trinajstić information content (AvgIpc) is 2.61. The zero-order valence-corrected chi connectivity index (χ0v) is 10.2. The molecule has 0 saturated carbocycles. The van der Waals surface area contributed by atoms with Gasteiger partial charge in [-0.25, -0.2) is 4.79 Å². The molecule has 2 aliphatic rings. The van der Waals surface area contributed by atoms with E-state index < -0.39 is 5.60 Å². The number of rotatable bonds is 0. The Labute approximate surface area is 96.1 Å². The average molecular weight is 228 g/mol. The van der Waals surface area contributed by atoms with Crippen LogP contribution in [0.4, 0.5) is 4.79 Å². The lowest BCUT2D eigenvalue weighted by Crippen LogP contribution is -2.54. The second kappa shape index (κ2) is 4.22. The van der Waals surface area contributed by atoms with E-state index in [1.165, 1.54) is 0 Å². The molecule has 1 N–H and O–H groups in total. The number of nitrogens with zero attached hydrogens (tertiary/aromatic N) is 1. The van der Waals surface area contributed by atoms with E-state index in [9.17, 15) is 4.79 Å². The fourth-order valence-electron chi connectivity index (χ4n) is 2.14. The predicted molar refractivity (Wildman–Crippen MR) is 59.3 cm³/mol. The number of nitrogens with one attached hydrogen (secondary N) is 1. The molecule has 2 fully saturated rings. The fourth-order valence-corrected chi connectivity index (χ4v) is 2.14. The number of ether oxygens (including phenoxy) is 2. The van der Waals surface area contributed by atoms with Gasteiger partial charge in [-0.2, -0.15) is 0 Å². The Bertz CT molecular complexity index is 275. The van der Waals surface area contributed by atoms with Gasteiger partial charge in [-0.15, -0.1) is 0 Å². The lowest BCUT2D eigenvalue weighted by atomic mass is 10.1. The molecule has 5 nitrogen and oxygen atoms in total. The molecule has 0 aromatic heterocycles. The standard InChI is InChI=1S/C11H20N2O3/c1-11(2,3)16-10(14)13-4-5-15-9-7-12-6-8(9)13/h8-9,12H,4-7H2,1-3H3/t8-,9?/m1/s1. The van der Waals surface area contributed by atoms with Crippen molar-refractivity contribution >= 4 is 6.09 Å². The minimum absolute atomic E-state index is 0.126. The first-order valence-electron chi connectivity index (χ1n) is 5.79. The van der Waals surface area contributed by atoms with E-state index in [1.54, 1.807) is 4.90 Å². The predicted octanol–water partition coefficient (Wildman–Crippen LogP) is 0.594. The molecule has 5 heteroatoms. The molecule has 0 bridgehead atoms. The van der Waals surface area contributed by atoms with Crippen LogP contribution in [-0.2, 0) is 9.47 Å². The van der Waals surface area contributed by atoms with E-state index >= 15 is 0 Å². The van der Waals surface area contributed by atoms with Crippen molar-refractivity contribution < 1.29 is 14.3 Å². The summed E-state index contributed by atoms with van der Waals surface area (Å²) in [4.78, 5) is 13.8. The maximum absolute atomic E-state index is 12.0. The Morgan fingerprint density at radius 2 is 2.19 bits per heavy atom. The van der Waals surface area contributed by atoms with Gasteiger partial charge in [0.2, 0.25) is 0 Å². The van der Waals surface area contributed by atoms with Gasteiger partial charge in [0, 0.05) is 19.6 Å². The van der Waals surface area contributed by atoms with Gasteiger partial charge in [-0.3, -0.25) is 4.90 Å². The van der Waals surface area contributed by atoms with E-state index in [1.807, 2.05) is 20.8 Å². The Balaban J connectivity index is 2.00. The summed E-state index contributed by atoms with van der Waals surface area (Å²) in [6, 6.07) is 0.128. The van der Waals surface area contributed by atoms with Crippen LogP contribution in [0, 0.1) is 0 Å². The highest BCUT2D eigenvalue weighted by molar-refractivity contribution is 5.69. The summed E-state index contributed by atoms with van der Waals surface area (Å²) in [6.45, 7) is 8.49. The number of carbonyl (C=O) groups is 1. The van der Waals surface area contributed by atoms with E-state index in [2.05, 4.69) is 5.32 Å². The van der Waals surface area contributed by atoms with Gasteiger partial charge in [0.15, 0.2) is 0 Å². The van der Waals surface area contributed by atoms with E-state index in [4.69, 9.17) is 9.47 Å². The highest BCUT2D eigenvalue weighted by atomic mass is 16.6. The fraction of sp³-hybridized carbons (Fsp3) is 0.909. The van der Waals surface area contributed by atoms with Crippen LogP contribution in [0.15, 0.2) is 0 Å². The molecule has 0 aliphatic carbocycles. The van der Waals surface area contributed by atoms with Crippen molar-refractivity contribution in [1.82, 2.24) is 10.2 Å². The van der Waals surface area contributed by atoms with Crippen molar-refractivity contribution in [3.8, 4) is 0 Å². The zero-order chi connectivity index (χ0) is 11.8. The Hall–Kier alpha value is -0.810. The van der Waals surface area contributed by atoms with Gasteiger partial charge in [-0.05, 0) is 20.8 Å². The van der Waals surface area contributed by atoms with E-state index in [-0.39, 0.29) is 18.2 Å². The Morgan fingerprint density at radius 1 is 1.44 bits per heavy atom. The minimum atomic E-state index is -0.434. The normalized spacial score (nSPS) is 30.1. The van der Waals surface area contributed by atoms with Crippen molar-refractivity contribution in [2.24, 2.45) is 0 Å². The van der Waals surface area contributed by atoms with Crippen LogP contribution in [0.25, 0.3) is 0 Å². The molecule has 2 saturated heterocycles. The molecule has 2 heterocycles. The highest BCUT2D eigenvalue weighted by Gasteiger charge is 2.39. The second-order valence-electron chi connectivity index (χ2n) is 5.31. The number of hydrogen-bond donors (Lipinski definition) is 1. The van der Waals surface area contributed by atoms with Crippen LogP contribution in [0.5, 0.6) is 0 Å². The monoisotopic (exact) mass is 228 g/mol. The number of amides is 1. The van der Waals surface area contributed by atoms with Crippen LogP contribution in [0.2, 0.25) is 0 Å². The van der Waals surface area contributed by atoms with Crippen LogP contribution in [0.3, 0.4) is 0 Å². The van der Waals surface area contributed by atoms with Gasteiger partial charge < -0.3 is 14.8 Å². The Kier molecular flexibility index (Phi) is 3.08. The highest BCUT2D eigenvalue weighted by Crippen LogP contribution is 2.20. The maximum Gasteiger partial charge on any atom is 0.410 e. The van der Waals surface area contributed by atoms with Crippen molar-refractivity contribution in [2.45, 2.75) is 38.5 Å². The summed E-state index contributed by atoms with van der Waals surface area (Å²) in [7, 11) is 0. The summed E-state index contributed by atoms with van der Waals surface area (Å²) in [5.41, 5.74) is -0.434. The number of morpholine rings is 1. The number of carbonyl (C=O) groups excluding carboxylic acids is 1. The molecule has 2 atom stereocenters. The van der Waals surface area contributed by atoms with Crippen molar-refractivity contribution in [3.63, 3.8) is 0 Å². The second-order valence-corrected chi connectivity index (χ2v) is 5.31. The molecule has 2 aliphatic heterocycles. The molecule has 0 aromatic carbocycles. The van der Waals surface area contributed by atoms with Crippen LogP contribution < -0.4 is 5.32 Å². The first-order valence-corrected chi connectivity index (χ1v) is 5.79. The molecule has 1 unspecified atom stereocenters. The first kappa shape index (κ1) is 11.7. The summed E-state index contributed by atoms with van der Waals surface area (Å²) < 4.78 is 11.0. The van der Waals surface area contributed by atoms with Gasteiger partial charge in [-0.1, -0.05) is 0 Å². The smallest absolute Gasteiger partial charge is 0.410 e. The zero-order valence-electron chi connectivity index (χ0n) is 10.2. The molecular weight excluding hydrogens is 208 g/mol.